The molecule has 1 amide bonds. The number of halogens is 1. The van der Waals surface area contributed by atoms with Gasteiger partial charge in [-0.1, -0.05) is 48.5 Å². The summed E-state index contributed by atoms with van der Waals surface area (Å²) in [6.45, 7) is 0.606. The minimum absolute atomic E-state index is 0.147. The van der Waals surface area contributed by atoms with E-state index in [1.165, 1.54) is 4.90 Å². The van der Waals surface area contributed by atoms with Crippen LogP contribution in [0, 0.1) is 0 Å². The first kappa shape index (κ1) is 14.9. The van der Waals surface area contributed by atoms with Crippen LogP contribution in [0.25, 0.3) is 0 Å². The van der Waals surface area contributed by atoms with Crippen molar-refractivity contribution in [3.05, 3.63) is 66.2 Å². The zero-order chi connectivity index (χ0) is 14.2. The molecule has 1 atom stereocenters. The summed E-state index contributed by atoms with van der Waals surface area (Å²) in [4.78, 5) is 13.1. The Morgan fingerprint density at radius 1 is 1.05 bits per heavy atom. The number of hydrogen-bond acceptors (Lipinski definition) is 2. The van der Waals surface area contributed by atoms with Crippen LogP contribution in [0.2, 0.25) is 0 Å². The number of thioether (sulfide) groups is 1. The number of rotatable bonds is 6. The summed E-state index contributed by atoms with van der Waals surface area (Å²) in [5.74, 6) is 0.681. The van der Waals surface area contributed by atoms with Crippen molar-refractivity contribution in [1.82, 2.24) is 5.32 Å². The minimum Gasteiger partial charge on any atom is -0.354 e. The molecule has 0 aliphatic heterocycles. The fourth-order valence-electron chi connectivity index (χ4n) is 1.72. The summed E-state index contributed by atoms with van der Waals surface area (Å²) in [6.07, 6.45) is 0. The molecule has 1 unspecified atom stereocenters. The summed E-state index contributed by atoms with van der Waals surface area (Å²) in [5.41, 5.74) is 0.822. The number of carbonyl (C=O) groups excluding carboxylic acids is 1. The molecule has 4 heteroatoms. The first-order valence-corrected chi connectivity index (χ1v) is 7.84. The molecule has 0 saturated carbocycles. The second-order valence-electron chi connectivity index (χ2n) is 4.23. The zero-order valence-electron chi connectivity index (χ0n) is 11.0. The van der Waals surface area contributed by atoms with E-state index in [0.717, 1.165) is 11.3 Å². The molecule has 0 aromatic heterocycles. The maximum atomic E-state index is 11.9. The molecule has 0 fully saturated rings. The van der Waals surface area contributed by atoms with Crippen molar-refractivity contribution in [1.29, 1.82) is 0 Å². The van der Waals surface area contributed by atoms with Gasteiger partial charge in [-0.2, -0.15) is 0 Å². The number of alkyl halides is 1. The fourth-order valence-corrected chi connectivity index (χ4v) is 2.73. The summed E-state index contributed by atoms with van der Waals surface area (Å²) in [5, 5.41) is 2.23. The Kier molecular flexibility index (Phi) is 5.96. The Morgan fingerprint density at radius 3 is 2.30 bits per heavy atom. The molecule has 0 aliphatic carbocycles. The molecule has 0 aliphatic rings. The van der Waals surface area contributed by atoms with Crippen molar-refractivity contribution in [2.45, 2.75) is 10.3 Å². The predicted molar refractivity (Wildman–Crippen MR) is 85.2 cm³/mol. The molecule has 2 aromatic carbocycles. The van der Waals surface area contributed by atoms with E-state index in [4.69, 9.17) is 11.6 Å². The Morgan fingerprint density at radius 2 is 1.65 bits per heavy atom. The molecule has 2 rings (SSSR count). The minimum atomic E-state index is -0.627. The highest BCUT2D eigenvalue weighted by Gasteiger charge is 2.16. The summed E-state index contributed by atoms with van der Waals surface area (Å²) >= 11 is 7.85. The van der Waals surface area contributed by atoms with Crippen LogP contribution in [0.4, 0.5) is 0 Å². The van der Waals surface area contributed by atoms with E-state index in [0.29, 0.717) is 6.54 Å². The maximum Gasteiger partial charge on any atom is 0.242 e. The van der Waals surface area contributed by atoms with Gasteiger partial charge in [0.15, 0.2) is 0 Å². The van der Waals surface area contributed by atoms with Crippen LogP contribution >= 0.6 is 23.4 Å². The van der Waals surface area contributed by atoms with Gasteiger partial charge in [-0.05, 0) is 17.7 Å². The molecule has 20 heavy (non-hydrogen) atoms. The lowest BCUT2D eigenvalue weighted by Crippen LogP contribution is -2.28. The smallest absolute Gasteiger partial charge is 0.242 e. The highest BCUT2D eigenvalue weighted by molar-refractivity contribution is 7.99. The Bertz CT molecular complexity index is 533. The average molecular weight is 306 g/mol. The molecule has 2 aromatic rings. The summed E-state index contributed by atoms with van der Waals surface area (Å²) < 4.78 is 0. The topological polar surface area (TPSA) is 29.1 Å². The van der Waals surface area contributed by atoms with Gasteiger partial charge in [0, 0.05) is 17.2 Å². The van der Waals surface area contributed by atoms with Crippen LogP contribution in [-0.2, 0) is 4.79 Å². The molecule has 104 valence electrons. The Balaban J connectivity index is 1.73. The molecular weight excluding hydrogens is 290 g/mol. The van der Waals surface area contributed by atoms with Gasteiger partial charge in [-0.25, -0.2) is 0 Å². The van der Waals surface area contributed by atoms with Crippen molar-refractivity contribution < 1.29 is 4.79 Å². The molecule has 1 N–H and O–H groups in total. The largest absolute Gasteiger partial charge is 0.354 e. The summed E-state index contributed by atoms with van der Waals surface area (Å²) in [6, 6.07) is 19.5. The van der Waals surface area contributed by atoms with Gasteiger partial charge in [-0.15, -0.1) is 23.4 Å². The lowest BCUT2D eigenvalue weighted by atomic mass is 10.1. The van der Waals surface area contributed by atoms with Crippen LogP contribution in [0.5, 0.6) is 0 Å². The molecular formula is C16H16ClNOS. The standard InChI is InChI=1S/C16H16ClNOS/c17-15(13-7-3-1-4-8-13)16(19)18-11-12-20-14-9-5-2-6-10-14/h1-10,15H,11-12H2,(H,18,19). The molecule has 0 heterocycles. The first-order valence-electron chi connectivity index (χ1n) is 6.42. The Labute approximate surface area is 128 Å². The van der Waals surface area contributed by atoms with Gasteiger partial charge in [0.25, 0.3) is 0 Å². The molecule has 0 saturated heterocycles. The highest BCUT2D eigenvalue weighted by Crippen LogP contribution is 2.20. The lowest BCUT2D eigenvalue weighted by Gasteiger charge is -2.10. The van der Waals surface area contributed by atoms with E-state index in [9.17, 15) is 4.79 Å². The van der Waals surface area contributed by atoms with Gasteiger partial charge >= 0.3 is 0 Å². The number of benzene rings is 2. The van der Waals surface area contributed by atoms with Gasteiger partial charge in [0.1, 0.15) is 5.38 Å². The lowest BCUT2D eigenvalue weighted by molar-refractivity contribution is -0.120. The third kappa shape index (κ3) is 4.58. The number of nitrogens with one attached hydrogen (secondary N) is 1. The van der Waals surface area contributed by atoms with E-state index < -0.39 is 5.38 Å². The van der Waals surface area contributed by atoms with Crippen LogP contribution < -0.4 is 5.32 Å². The van der Waals surface area contributed by atoms with Crippen molar-refractivity contribution in [2.75, 3.05) is 12.3 Å². The third-order valence-corrected chi connectivity index (χ3v) is 4.20. The van der Waals surface area contributed by atoms with E-state index in [-0.39, 0.29) is 5.91 Å². The van der Waals surface area contributed by atoms with E-state index in [1.54, 1.807) is 11.8 Å². The van der Waals surface area contributed by atoms with Crippen LogP contribution in [-0.4, -0.2) is 18.2 Å². The first-order chi connectivity index (χ1) is 9.77. The SMILES string of the molecule is O=C(NCCSc1ccccc1)C(Cl)c1ccccc1. The fraction of sp³-hybridized carbons (Fsp3) is 0.188. The average Bonchev–Trinajstić information content (AvgIpc) is 2.52. The van der Waals surface area contributed by atoms with Crippen molar-refractivity contribution in [3.8, 4) is 0 Å². The quantitative estimate of drug-likeness (QED) is 0.498. The van der Waals surface area contributed by atoms with Gasteiger partial charge in [0.2, 0.25) is 5.91 Å². The van der Waals surface area contributed by atoms with Gasteiger partial charge in [-0.3, -0.25) is 4.79 Å². The van der Waals surface area contributed by atoms with Crippen LogP contribution in [0.3, 0.4) is 0 Å². The predicted octanol–water partition coefficient (Wildman–Crippen LogP) is 3.88. The summed E-state index contributed by atoms with van der Waals surface area (Å²) in [7, 11) is 0. The number of amides is 1. The number of hydrogen-bond donors (Lipinski definition) is 1. The van der Waals surface area contributed by atoms with Crippen LogP contribution in [0.1, 0.15) is 10.9 Å². The van der Waals surface area contributed by atoms with E-state index in [2.05, 4.69) is 17.4 Å². The van der Waals surface area contributed by atoms with Crippen LogP contribution in [0.15, 0.2) is 65.6 Å². The second-order valence-corrected chi connectivity index (χ2v) is 5.83. The van der Waals surface area contributed by atoms with E-state index >= 15 is 0 Å². The molecule has 0 bridgehead atoms. The maximum absolute atomic E-state index is 11.9. The number of carbonyl (C=O) groups is 1. The molecule has 2 nitrogen and oxygen atoms in total. The highest BCUT2D eigenvalue weighted by atomic mass is 35.5. The van der Waals surface area contributed by atoms with Crippen molar-refractivity contribution >= 4 is 29.3 Å². The van der Waals surface area contributed by atoms with Crippen molar-refractivity contribution in [2.24, 2.45) is 0 Å². The van der Waals surface area contributed by atoms with Gasteiger partial charge in [0.05, 0.1) is 0 Å². The Hall–Kier alpha value is -1.45. The zero-order valence-corrected chi connectivity index (χ0v) is 12.5. The third-order valence-electron chi connectivity index (χ3n) is 2.74. The molecule has 0 radical (unpaired) electrons. The van der Waals surface area contributed by atoms with Gasteiger partial charge < -0.3 is 5.32 Å². The van der Waals surface area contributed by atoms with E-state index in [1.807, 2.05) is 48.5 Å². The molecule has 0 spiro atoms. The monoisotopic (exact) mass is 305 g/mol. The normalized spacial score (nSPS) is 11.8. The second kappa shape index (κ2) is 7.98. The van der Waals surface area contributed by atoms with Crippen molar-refractivity contribution in [3.63, 3.8) is 0 Å².